The molecule has 16 heavy (non-hydrogen) atoms. The molecule has 1 aromatic carbocycles. The maximum Gasteiger partial charge on any atom is 0.195 e. The largest absolute Gasteiger partial charge is 0.323 e. The third-order valence-corrected chi connectivity index (χ3v) is 3.52. The zero-order valence-corrected chi connectivity index (χ0v) is 10.4. The maximum atomic E-state index is 5.81. The van der Waals surface area contributed by atoms with E-state index >= 15 is 0 Å². The van der Waals surface area contributed by atoms with E-state index in [0.717, 1.165) is 10.7 Å². The molecule has 1 unspecified atom stereocenters. The van der Waals surface area contributed by atoms with Gasteiger partial charge in [-0.25, -0.2) is 4.98 Å². The molecule has 0 fully saturated rings. The van der Waals surface area contributed by atoms with Gasteiger partial charge in [-0.2, -0.15) is 0 Å². The van der Waals surface area contributed by atoms with E-state index in [4.69, 9.17) is 5.73 Å². The van der Waals surface area contributed by atoms with Crippen LogP contribution in [0.3, 0.4) is 0 Å². The molecular formula is C11H12ClN3S. The molecule has 0 aliphatic rings. The number of imidazole rings is 1. The van der Waals surface area contributed by atoms with Crippen LogP contribution in [0, 0.1) is 0 Å². The van der Waals surface area contributed by atoms with E-state index in [2.05, 4.69) is 21.5 Å². The predicted octanol–water partition coefficient (Wildman–Crippen LogP) is 2.99. The molecule has 1 atom stereocenters. The van der Waals surface area contributed by atoms with E-state index in [-0.39, 0.29) is 18.4 Å². The fourth-order valence-electron chi connectivity index (χ4n) is 1.69. The zero-order valence-electron chi connectivity index (χ0n) is 8.75. The Morgan fingerprint density at radius 1 is 1.38 bits per heavy atom. The number of rotatable bonds is 1. The highest BCUT2D eigenvalue weighted by Crippen LogP contribution is 2.26. The number of para-hydroxylation sites is 1. The molecule has 0 bridgehead atoms. The second-order valence-corrected chi connectivity index (χ2v) is 4.69. The first-order valence-electron chi connectivity index (χ1n) is 4.88. The highest BCUT2D eigenvalue weighted by molar-refractivity contribution is 7.23. The lowest BCUT2D eigenvalue weighted by Gasteiger charge is -1.96. The lowest BCUT2D eigenvalue weighted by molar-refractivity contribution is 0.790. The Morgan fingerprint density at radius 2 is 2.12 bits per heavy atom. The molecule has 84 valence electrons. The number of thiazole rings is 1. The fraction of sp³-hybridized carbons (Fsp3) is 0.182. The number of benzene rings is 1. The van der Waals surface area contributed by atoms with Gasteiger partial charge < -0.3 is 5.73 Å². The number of nitrogens with two attached hydrogens (primary N) is 1. The molecule has 0 aliphatic carbocycles. The van der Waals surface area contributed by atoms with Gasteiger partial charge in [0.1, 0.15) is 0 Å². The van der Waals surface area contributed by atoms with Crippen molar-refractivity contribution < 1.29 is 0 Å². The Morgan fingerprint density at radius 3 is 2.88 bits per heavy atom. The van der Waals surface area contributed by atoms with E-state index in [1.807, 2.05) is 25.3 Å². The molecule has 0 saturated heterocycles. The van der Waals surface area contributed by atoms with Crippen molar-refractivity contribution >= 4 is 38.9 Å². The van der Waals surface area contributed by atoms with Crippen molar-refractivity contribution in [3.8, 4) is 0 Å². The molecule has 0 amide bonds. The molecule has 3 rings (SSSR count). The maximum absolute atomic E-state index is 5.81. The van der Waals surface area contributed by atoms with Crippen molar-refractivity contribution in [1.82, 2.24) is 9.38 Å². The van der Waals surface area contributed by atoms with Crippen LogP contribution < -0.4 is 5.73 Å². The van der Waals surface area contributed by atoms with E-state index in [1.54, 1.807) is 11.3 Å². The summed E-state index contributed by atoms with van der Waals surface area (Å²) in [5, 5.41) is 0. The topological polar surface area (TPSA) is 43.3 Å². The van der Waals surface area contributed by atoms with Gasteiger partial charge in [0.25, 0.3) is 0 Å². The first-order valence-corrected chi connectivity index (χ1v) is 5.69. The standard InChI is InChI=1S/C11H11N3S.ClH/c1-7(12)8-6-14-9-4-2-3-5-10(9)15-11(14)13-8;/h2-7H,12H2,1H3;1H. The summed E-state index contributed by atoms with van der Waals surface area (Å²) in [5.41, 5.74) is 7.97. The zero-order chi connectivity index (χ0) is 10.4. The van der Waals surface area contributed by atoms with Crippen molar-refractivity contribution in [2.45, 2.75) is 13.0 Å². The Kier molecular flexibility index (Phi) is 2.88. The van der Waals surface area contributed by atoms with Crippen molar-refractivity contribution in [2.75, 3.05) is 0 Å². The molecule has 2 aromatic heterocycles. The van der Waals surface area contributed by atoms with Crippen LogP contribution in [0.25, 0.3) is 15.2 Å². The van der Waals surface area contributed by atoms with Gasteiger partial charge in [0, 0.05) is 12.2 Å². The second-order valence-electron chi connectivity index (χ2n) is 3.68. The SMILES string of the molecule is CC(N)c1cn2c(n1)sc1ccccc12.Cl. The molecule has 3 nitrogen and oxygen atoms in total. The smallest absolute Gasteiger partial charge is 0.195 e. The second kappa shape index (κ2) is 4.05. The average Bonchev–Trinajstić information content (AvgIpc) is 2.73. The number of halogens is 1. The highest BCUT2D eigenvalue weighted by Gasteiger charge is 2.09. The summed E-state index contributed by atoms with van der Waals surface area (Å²) >= 11 is 1.70. The monoisotopic (exact) mass is 253 g/mol. The Labute approximate surface area is 103 Å². The van der Waals surface area contributed by atoms with Gasteiger partial charge in [-0.05, 0) is 19.1 Å². The summed E-state index contributed by atoms with van der Waals surface area (Å²) in [4.78, 5) is 5.52. The van der Waals surface area contributed by atoms with Crippen LogP contribution in [0.15, 0.2) is 30.5 Å². The van der Waals surface area contributed by atoms with Crippen LogP contribution in [0.1, 0.15) is 18.7 Å². The Balaban J connectivity index is 0.000000963. The molecule has 2 N–H and O–H groups in total. The van der Waals surface area contributed by atoms with Gasteiger partial charge in [-0.15, -0.1) is 12.4 Å². The number of hydrogen-bond donors (Lipinski definition) is 1. The summed E-state index contributed by atoms with van der Waals surface area (Å²) in [5.74, 6) is 0. The summed E-state index contributed by atoms with van der Waals surface area (Å²) in [6.07, 6.45) is 2.03. The minimum Gasteiger partial charge on any atom is -0.323 e. The lowest BCUT2D eigenvalue weighted by atomic mass is 10.3. The van der Waals surface area contributed by atoms with Crippen LogP contribution in [0.2, 0.25) is 0 Å². The van der Waals surface area contributed by atoms with E-state index in [9.17, 15) is 0 Å². The normalized spacial score (nSPS) is 12.9. The van der Waals surface area contributed by atoms with Crippen molar-refractivity contribution in [1.29, 1.82) is 0 Å². The summed E-state index contributed by atoms with van der Waals surface area (Å²) < 4.78 is 3.37. The molecule has 5 heteroatoms. The molecule has 2 heterocycles. The third-order valence-electron chi connectivity index (χ3n) is 2.48. The molecular weight excluding hydrogens is 242 g/mol. The lowest BCUT2D eigenvalue weighted by Crippen LogP contribution is -2.04. The highest BCUT2D eigenvalue weighted by atomic mass is 35.5. The van der Waals surface area contributed by atoms with Crippen molar-refractivity contribution in [3.63, 3.8) is 0 Å². The predicted molar refractivity (Wildman–Crippen MR) is 70.4 cm³/mol. The van der Waals surface area contributed by atoms with Gasteiger partial charge >= 0.3 is 0 Å². The Bertz CT molecular complexity index is 626. The summed E-state index contributed by atoms with van der Waals surface area (Å²) in [6.45, 7) is 1.95. The van der Waals surface area contributed by atoms with Crippen LogP contribution >= 0.6 is 23.7 Å². The van der Waals surface area contributed by atoms with E-state index < -0.39 is 0 Å². The van der Waals surface area contributed by atoms with Crippen LogP contribution in [0.4, 0.5) is 0 Å². The van der Waals surface area contributed by atoms with Gasteiger partial charge in [0.15, 0.2) is 4.96 Å². The van der Waals surface area contributed by atoms with Crippen LogP contribution in [0.5, 0.6) is 0 Å². The van der Waals surface area contributed by atoms with Crippen LogP contribution in [-0.4, -0.2) is 9.38 Å². The van der Waals surface area contributed by atoms with E-state index in [1.165, 1.54) is 10.2 Å². The molecule has 0 spiro atoms. The molecule has 3 aromatic rings. The fourth-order valence-corrected chi connectivity index (χ4v) is 2.70. The minimum atomic E-state index is -0.00383. The van der Waals surface area contributed by atoms with Crippen molar-refractivity contribution in [3.05, 3.63) is 36.2 Å². The van der Waals surface area contributed by atoms with Crippen molar-refractivity contribution in [2.24, 2.45) is 5.73 Å². The first-order chi connectivity index (χ1) is 7.25. The number of aromatic nitrogens is 2. The van der Waals surface area contributed by atoms with Crippen LogP contribution in [-0.2, 0) is 0 Å². The van der Waals surface area contributed by atoms with Gasteiger partial charge in [0.05, 0.1) is 15.9 Å². The summed E-state index contributed by atoms with van der Waals surface area (Å²) in [7, 11) is 0. The third kappa shape index (κ3) is 1.59. The first kappa shape index (κ1) is 11.4. The number of nitrogens with zero attached hydrogens (tertiary/aromatic N) is 2. The molecule has 0 aliphatic heterocycles. The van der Waals surface area contributed by atoms with Gasteiger partial charge in [-0.3, -0.25) is 4.40 Å². The molecule has 0 saturated carbocycles. The van der Waals surface area contributed by atoms with E-state index in [0.29, 0.717) is 0 Å². The Hall–Kier alpha value is -1.10. The minimum absolute atomic E-state index is 0. The van der Waals surface area contributed by atoms with Gasteiger partial charge in [0.2, 0.25) is 0 Å². The summed E-state index contributed by atoms with van der Waals surface area (Å²) in [6, 6.07) is 8.30. The average molecular weight is 254 g/mol. The number of hydrogen-bond acceptors (Lipinski definition) is 3. The number of fused-ring (bicyclic) bond motifs is 3. The quantitative estimate of drug-likeness (QED) is 0.725. The molecule has 0 radical (unpaired) electrons. The van der Waals surface area contributed by atoms with Gasteiger partial charge in [-0.1, -0.05) is 23.5 Å².